The molecule has 0 aliphatic heterocycles. The summed E-state index contributed by atoms with van der Waals surface area (Å²) >= 11 is 13.9. The van der Waals surface area contributed by atoms with Crippen LogP contribution in [0.4, 0.5) is 0 Å². The molecule has 0 saturated carbocycles. The van der Waals surface area contributed by atoms with E-state index in [-0.39, 0.29) is 24.1 Å². The van der Waals surface area contributed by atoms with Crippen molar-refractivity contribution in [1.29, 1.82) is 0 Å². The van der Waals surface area contributed by atoms with E-state index in [0.29, 0.717) is 22.2 Å². The van der Waals surface area contributed by atoms with E-state index in [4.69, 9.17) is 23.2 Å². The highest BCUT2D eigenvalue weighted by Gasteiger charge is 2.29. The van der Waals surface area contributed by atoms with Crippen molar-refractivity contribution < 1.29 is 9.59 Å². The van der Waals surface area contributed by atoms with Gasteiger partial charge in [-0.1, -0.05) is 83.9 Å². The molecule has 4 nitrogen and oxygen atoms in total. The fraction of sp³-hybridized carbons (Fsp3) is 0.231. The van der Waals surface area contributed by atoms with E-state index >= 15 is 0 Å². The number of halogens is 2. The summed E-state index contributed by atoms with van der Waals surface area (Å²) in [5.74, 6) is 0.523. The number of hydrogen-bond donors (Lipinski definition) is 1. The number of carbonyl (C=O) groups is 2. The Balaban J connectivity index is 1.81. The van der Waals surface area contributed by atoms with Gasteiger partial charge in [0.15, 0.2) is 0 Å². The highest BCUT2D eigenvalue weighted by molar-refractivity contribution is 7.99. The van der Waals surface area contributed by atoms with Crippen LogP contribution in [-0.2, 0) is 28.3 Å². The Morgan fingerprint density at radius 1 is 0.939 bits per heavy atom. The second kappa shape index (κ2) is 12.7. The van der Waals surface area contributed by atoms with Crippen molar-refractivity contribution in [2.24, 2.45) is 0 Å². The molecule has 0 radical (unpaired) electrons. The van der Waals surface area contributed by atoms with Crippen LogP contribution in [0.2, 0.25) is 10.0 Å². The molecular weight excluding hydrogens is 475 g/mol. The molecule has 0 spiro atoms. The van der Waals surface area contributed by atoms with E-state index in [2.05, 4.69) is 5.32 Å². The molecule has 1 atom stereocenters. The van der Waals surface area contributed by atoms with Crippen molar-refractivity contribution in [2.75, 3.05) is 12.8 Å². The molecule has 1 N–H and O–H groups in total. The summed E-state index contributed by atoms with van der Waals surface area (Å²) in [6.45, 7) is 0.289. The highest BCUT2D eigenvalue weighted by Crippen LogP contribution is 2.23. The lowest BCUT2D eigenvalue weighted by Gasteiger charge is -2.31. The van der Waals surface area contributed by atoms with Gasteiger partial charge in [0.25, 0.3) is 0 Å². The first-order valence-corrected chi connectivity index (χ1v) is 12.5. The van der Waals surface area contributed by atoms with Crippen LogP contribution in [0.5, 0.6) is 0 Å². The van der Waals surface area contributed by atoms with Gasteiger partial charge in [-0.15, -0.1) is 11.8 Å². The van der Waals surface area contributed by atoms with Gasteiger partial charge in [0.2, 0.25) is 11.8 Å². The Morgan fingerprint density at radius 2 is 1.64 bits per heavy atom. The van der Waals surface area contributed by atoms with Crippen LogP contribution >= 0.6 is 35.0 Å². The lowest BCUT2D eigenvalue weighted by atomic mass is 10.0. The number of hydrogen-bond acceptors (Lipinski definition) is 3. The molecule has 0 aromatic heterocycles. The first-order chi connectivity index (χ1) is 16.0. The minimum Gasteiger partial charge on any atom is -0.357 e. The standard InChI is InChI=1S/C26H26Cl2N2O2S/c1-29-26(32)24(15-19-8-3-2-4-9-19)30(16-20-10-7-12-22(27)14-20)25(31)18-33-17-21-11-5-6-13-23(21)28/h2-14,24H,15-18H2,1H3,(H,29,32)/t24-/m0/s1. The van der Waals surface area contributed by atoms with E-state index in [1.165, 1.54) is 11.8 Å². The summed E-state index contributed by atoms with van der Waals surface area (Å²) in [6, 6.07) is 24.0. The van der Waals surface area contributed by atoms with Gasteiger partial charge in [0.1, 0.15) is 6.04 Å². The summed E-state index contributed by atoms with van der Waals surface area (Å²) in [4.78, 5) is 28.0. The first-order valence-electron chi connectivity index (χ1n) is 10.6. The summed E-state index contributed by atoms with van der Waals surface area (Å²) in [5, 5.41) is 4.00. The number of nitrogens with zero attached hydrogens (tertiary/aromatic N) is 1. The SMILES string of the molecule is CNC(=O)[C@H](Cc1ccccc1)N(Cc1cccc(Cl)c1)C(=O)CSCc1ccccc1Cl. The second-order valence-corrected chi connectivity index (χ2v) is 9.38. The van der Waals surface area contributed by atoms with E-state index in [0.717, 1.165) is 16.7 Å². The Bertz CT molecular complexity index is 1080. The maximum Gasteiger partial charge on any atom is 0.242 e. The van der Waals surface area contributed by atoms with Gasteiger partial charge in [-0.3, -0.25) is 9.59 Å². The molecule has 0 aliphatic rings. The van der Waals surface area contributed by atoms with Gasteiger partial charge >= 0.3 is 0 Å². The van der Waals surface area contributed by atoms with Gasteiger partial charge in [0, 0.05) is 35.8 Å². The maximum absolute atomic E-state index is 13.4. The molecule has 0 aliphatic carbocycles. The average molecular weight is 501 g/mol. The summed E-state index contributed by atoms with van der Waals surface area (Å²) in [5.41, 5.74) is 2.83. The molecule has 0 fully saturated rings. The van der Waals surface area contributed by atoms with Crippen molar-refractivity contribution in [1.82, 2.24) is 10.2 Å². The van der Waals surface area contributed by atoms with Crippen molar-refractivity contribution in [3.63, 3.8) is 0 Å². The molecular formula is C26H26Cl2N2O2S. The molecule has 172 valence electrons. The predicted molar refractivity (Wildman–Crippen MR) is 138 cm³/mol. The van der Waals surface area contributed by atoms with E-state index in [1.54, 1.807) is 18.0 Å². The van der Waals surface area contributed by atoms with Gasteiger partial charge in [-0.25, -0.2) is 0 Å². The van der Waals surface area contributed by atoms with Gasteiger partial charge in [-0.2, -0.15) is 0 Å². The number of likely N-dealkylation sites (N-methyl/N-ethyl adjacent to an activating group) is 1. The molecule has 3 aromatic rings. The second-order valence-electron chi connectivity index (χ2n) is 7.56. The van der Waals surface area contributed by atoms with Crippen LogP contribution in [0.3, 0.4) is 0 Å². The largest absolute Gasteiger partial charge is 0.357 e. The zero-order chi connectivity index (χ0) is 23.6. The molecule has 0 bridgehead atoms. The molecule has 0 heterocycles. The minimum atomic E-state index is -0.648. The minimum absolute atomic E-state index is 0.114. The summed E-state index contributed by atoms with van der Waals surface area (Å²) in [6.07, 6.45) is 0.419. The van der Waals surface area contributed by atoms with Gasteiger partial charge in [0.05, 0.1) is 5.75 Å². The number of amides is 2. The molecule has 0 saturated heterocycles. The topological polar surface area (TPSA) is 49.4 Å². The van der Waals surface area contributed by atoms with Crippen LogP contribution in [0.15, 0.2) is 78.9 Å². The van der Waals surface area contributed by atoms with Crippen molar-refractivity contribution >= 4 is 46.8 Å². The van der Waals surface area contributed by atoms with Crippen molar-refractivity contribution in [3.05, 3.63) is 106 Å². The highest BCUT2D eigenvalue weighted by atomic mass is 35.5. The summed E-state index contributed by atoms with van der Waals surface area (Å²) in [7, 11) is 1.59. The summed E-state index contributed by atoms with van der Waals surface area (Å²) < 4.78 is 0. The normalized spacial score (nSPS) is 11.6. The zero-order valence-electron chi connectivity index (χ0n) is 18.3. The van der Waals surface area contributed by atoms with E-state index in [9.17, 15) is 9.59 Å². The molecule has 2 amide bonds. The third-order valence-corrected chi connectivity index (χ3v) is 6.77. The maximum atomic E-state index is 13.4. The van der Waals surface area contributed by atoms with Gasteiger partial charge in [-0.05, 0) is 34.9 Å². The molecule has 0 unspecified atom stereocenters. The Morgan fingerprint density at radius 3 is 2.33 bits per heavy atom. The van der Waals surface area contributed by atoms with Crippen LogP contribution in [0.1, 0.15) is 16.7 Å². The third kappa shape index (κ3) is 7.53. The smallest absolute Gasteiger partial charge is 0.242 e. The van der Waals surface area contributed by atoms with Crippen LogP contribution in [0, 0.1) is 0 Å². The third-order valence-electron chi connectivity index (χ3n) is 5.20. The number of nitrogens with one attached hydrogen (secondary N) is 1. The lowest BCUT2D eigenvalue weighted by molar-refractivity contribution is -0.139. The van der Waals surface area contributed by atoms with Crippen LogP contribution in [0.25, 0.3) is 0 Å². The number of thioether (sulfide) groups is 1. The van der Waals surface area contributed by atoms with Crippen LogP contribution in [-0.4, -0.2) is 35.6 Å². The zero-order valence-corrected chi connectivity index (χ0v) is 20.7. The van der Waals surface area contributed by atoms with Gasteiger partial charge < -0.3 is 10.2 Å². The lowest BCUT2D eigenvalue weighted by Crippen LogP contribution is -2.50. The van der Waals surface area contributed by atoms with Crippen molar-refractivity contribution in [3.8, 4) is 0 Å². The number of carbonyl (C=O) groups excluding carboxylic acids is 2. The Kier molecular flexibility index (Phi) is 9.67. The fourth-order valence-electron chi connectivity index (χ4n) is 3.50. The quantitative estimate of drug-likeness (QED) is 0.393. The van der Waals surface area contributed by atoms with E-state index in [1.807, 2.05) is 72.8 Å². The van der Waals surface area contributed by atoms with E-state index < -0.39 is 6.04 Å². The molecule has 3 aromatic carbocycles. The monoisotopic (exact) mass is 500 g/mol. The number of rotatable bonds is 10. The molecule has 3 rings (SSSR count). The Hall–Kier alpha value is -2.47. The predicted octanol–water partition coefficient (Wildman–Crippen LogP) is 5.61. The first kappa shape index (κ1) is 25.2. The fourth-order valence-corrected chi connectivity index (χ4v) is 4.91. The average Bonchev–Trinajstić information content (AvgIpc) is 2.82. The molecule has 7 heteroatoms. The van der Waals surface area contributed by atoms with Crippen LogP contribution < -0.4 is 5.32 Å². The van der Waals surface area contributed by atoms with Crippen molar-refractivity contribution in [2.45, 2.75) is 24.8 Å². The number of benzene rings is 3. The Labute approximate surface area is 209 Å². The molecule has 33 heavy (non-hydrogen) atoms.